The second kappa shape index (κ2) is 6.47. The number of halogens is 4. The van der Waals surface area contributed by atoms with Crippen LogP contribution in [0.5, 0.6) is 0 Å². The largest absolute Gasteiger partial charge is 0.416 e. The first-order chi connectivity index (χ1) is 10.6. The van der Waals surface area contributed by atoms with Gasteiger partial charge in [0, 0.05) is 22.2 Å². The number of ketones is 2. The Labute approximate surface area is 140 Å². The van der Waals surface area contributed by atoms with Gasteiger partial charge < -0.3 is 5.32 Å². The molecular weight excluding hydrogens is 375 g/mol. The highest BCUT2D eigenvalue weighted by atomic mass is 79.9. The molecule has 0 heterocycles. The molecule has 0 spiro atoms. The van der Waals surface area contributed by atoms with E-state index in [1.165, 1.54) is 6.07 Å². The lowest BCUT2D eigenvalue weighted by Gasteiger charge is -2.19. The van der Waals surface area contributed by atoms with Gasteiger partial charge in [-0.05, 0) is 60.0 Å². The van der Waals surface area contributed by atoms with Gasteiger partial charge in [0.1, 0.15) is 0 Å². The molecule has 0 saturated heterocycles. The molecule has 0 fully saturated rings. The lowest BCUT2D eigenvalue weighted by molar-refractivity contribution is -0.137. The number of alkyl halides is 3. The van der Waals surface area contributed by atoms with Crippen molar-refractivity contribution in [3.05, 3.63) is 39.4 Å². The molecule has 0 amide bonds. The van der Waals surface area contributed by atoms with Gasteiger partial charge in [-0.1, -0.05) is 0 Å². The standard InChI is InChI=1S/C16H15BrF3NO2/c1-8-9(2)15(23)12(5-6-14(8)22)21-13-7-10(16(18,19)20)3-4-11(13)17/h3-4,7,12,21H,5-6H2,1-2H3. The lowest BCUT2D eigenvalue weighted by atomic mass is 10.0. The maximum Gasteiger partial charge on any atom is 0.416 e. The fraction of sp³-hybridized carbons (Fsp3) is 0.375. The van der Waals surface area contributed by atoms with E-state index in [1.807, 2.05) is 0 Å². The van der Waals surface area contributed by atoms with Crippen LogP contribution in [-0.4, -0.2) is 17.6 Å². The third-order valence-corrected chi connectivity index (χ3v) is 4.64. The van der Waals surface area contributed by atoms with Gasteiger partial charge >= 0.3 is 6.18 Å². The average Bonchev–Trinajstić information content (AvgIpc) is 2.56. The van der Waals surface area contributed by atoms with Crippen molar-refractivity contribution >= 4 is 33.2 Å². The Morgan fingerprint density at radius 3 is 2.43 bits per heavy atom. The van der Waals surface area contributed by atoms with Gasteiger partial charge in [-0.15, -0.1) is 0 Å². The summed E-state index contributed by atoms with van der Waals surface area (Å²) in [4.78, 5) is 24.2. The zero-order valence-electron chi connectivity index (χ0n) is 12.6. The van der Waals surface area contributed by atoms with Gasteiger partial charge in [0.15, 0.2) is 11.6 Å². The van der Waals surface area contributed by atoms with Crippen LogP contribution in [0.3, 0.4) is 0 Å². The first-order valence-corrected chi connectivity index (χ1v) is 7.78. The predicted molar refractivity (Wildman–Crippen MR) is 84.2 cm³/mol. The van der Waals surface area contributed by atoms with E-state index in [1.54, 1.807) is 13.8 Å². The molecule has 1 aliphatic rings. The van der Waals surface area contributed by atoms with E-state index < -0.39 is 17.8 Å². The average molecular weight is 390 g/mol. The number of rotatable bonds is 2. The Morgan fingerprint density at radius 2 is 1.83 bits per heavy atom. The molecular formula is C16H15BrF3NO2. The number of benzene rings is 1. The Balaban J connectivity index is 2.32. The van der Waals surface area contributed by atoms with E-state index in [0.717, 1.165) is 12.1 Å². The summed E-state index contributed by atoms with van der Waals surface area (Å²) in [5.41, 5.74) is 0.150. The summed E-state index contributed by atoms with van der Waals surface area (Å²) in [5.74, 6) is -0.374. The van der Waals surface area contributed by atoms with Crippen molar-refractivity contribution in [2.24, 2.45) is 0 Å². The monoisotopic (exact) mass is 389 g/mol. The molecule has 0 radical (unpaired) electrons. The molecule has 1 atom stereocenters. The summed E-state index contributed by atoms with van der Waals surface area (Å²) in [6.07, 6.45) is -4.04. The zero-order chi connectivity index (χ0) is 17.4. The van der Waals surface area contributed by atoms with Gasteiger partial charge in [0.2, 0.25) is 0 Å². The first-order valence-electron chi connectivity index (χ1n) is 6.99. The van der Waals surface area contributed by atoms with Crippen molar-refractivity contribution in [3.8, 4) is 0 Å². The minimum absolute atomic E-state index is 0.108. The zero-order valence-corrected chi connectivity index (χ0v) is 14.1. The van der Waals surface area contributed by atoms with Crippen LogP contribution in [0.1, 0.15) is 32.3 Å². The fourth-order valence-corrected chi connectivity index (χ4v) is 2.75. The number of Topliss-reactive ketones (excluding diaryl/α,β-unsaturated/α-hetero) is 2. The van der Waals surface area contributed by atoms with E-state index in [0.29, 0.717) is 15.6 Å². The molecule has 3 nitrogen and oxygen atoms in total. The summed E-state index contributed by atoms with van der Waals surface area (Å²) in [5, 5.41) is 2.84. The molecule has 7 heteroatoms. The number of allylic oxidation sites excluding steroid dienone is 1. The van der Waals surface area contributed by atoms with Gasteiger partial charge in [0.05, 0.1) is 11.6 Å². The van der Waals surface area contributed by atoms with Crippen molar-refractivity contribution in [2.45, 2.75) is 38.9 Å². The number of nitrogens with one attached hydrogen (secondary N) is 1. The Hall–Kier alpha value is -1.63. The van der Waals surface area contributed by atoms with Crippen molar-refractivity contribution < 1.29 is 22.8 Å². The predicted octanol–water partition coefficient (Wildman–Crippen LogP) is 4.52. The van der Waals surface area contributed by atoms with Crippen LogP contribution in [0, 0.1) is 0 Å². The molecule has 2 rings (SSSR count). The van der Waals surface area contributed by atoms with Crippen LogP contribution in [0.2, 0.25) is 0 Å². The van der Waals surface area contributed by atoms with E-state index >= 15 is 0 Å². The van der Waals surface area contributed by atoms with Crippen LogP contribution >= 0.6 is 15.9 Å². The normalized spacial score (nSPS) is 19.8. The smallest absolute Gasteiger partial charge is 0.374 e. The highest BCUT2D eigenvalue weighted by Gasteiger charge is 2.32. The van der Waals surface area contributed by atoms with Crippen molar-refractivity contribution in [1.82, 2.24) is 0 Å². The fourth-order valence-electron chi connectivity index (χ4n) is 2.39. The van der Waals surface area contributed by atoms with Gasteiger partial charge in [0.25, 0.3) is 0 Å². The molecule has 0 saturated carbocycles. The molecule has 1 aromatic carbocycles. The molecule has 1 unspecified atom stereocenters. The lowest BCUT2D eigenvalue weighted by Crippen LogP contribution is -2.29. The van der Waals surface area contributed by atoms with Crippen molar-refractivity contribution in [2.75, 3.05) is 5.32 Å². The molecule has 23 heavy (non-hydrogen) atoms. The van der Waals surface area contributed by atoms with Crippen molar-refractivity contribution in [3.63, 3.8) is 0 Å². The van der Waals surface area contributed by atoms with Crippen molar-refractivity contribution in [1.29, 1.82) is 0 Å². The molecule has 0 aliphatic heterocycles. The van der Waals surface area contributed by atoms with Crippen LogP contribution in [0.25, 0.3) is 0 Å². The summed E-state index contributed by atoms with van der Waals surface area (Å²) in [7, 11) is 0. The van der Waals surface area contributed by atoms with Gasteiger partial charge in [-0.3, -0.25) is 9.59 Å². The second-order valence-corrected chi connectivity index (χ2v) is 6.32. The minimum atomic E-state index is -4.47. The molecule has 1 N–H and O–H groups in total. The number of carbonyl (C=O) groups is 2. The minimum Gasteiger partial charge on any atom is -0.374 e. The van der Waals surface area contributed by atoms with Crippen LogP contribution in [0.15, 0.2) is 33.8 Å². The molecule has 124 valence electrons. The molecule has 0 bridgehead atoms. The quantitative estimate of drug-likeness (QED) is 0.808. The van der Waals surface area contributed by atoms with E-state index in [9.17, 15) is 22.8 Å². The number of hydrogen-bond donors (Lipinski definition) is 1. The number of anilines is 1. The topological polar surface area (TPSA) is 46.2 Å². The highest BCUT2D eigenvalue weighted by Crippen LogP contribution is 2.34. The highest BCUT2D eigenvalue weighted by molar-refractivity contribution is 9.10. The molecule has 0 aromatic heterocycles. The van der Waals surface area contributed by atoms with E-state index in [-0.39, 0.29) is 30.1 Å². The van der Waals surface area contributed by atoms with E-state index in [2.05, 4.69) is 21.2 Å². The van der Waals surface area contributed by atoms with E-state index in [4.69, 9.17) is 0 Å². The van der Waals surface area contributed by atoms with Crippen LogP contribution < -0.4 is 5.32 Å². The Kier molecular flexibility index (Phi) is 4.98. The third-order valence-electron chi connectivity index (χ3n) is 3.95. The van der Waals surface area contributed by atoms with Crippen LogP contribution in [-0.2, 0) is 15.8 Å². The Bertz CT molecular complexity index is 695. The Morgan fingerprint density at radius 1 is 1.17 bits per heavy atom. The third kappa shape index (κ3) is 3.83. The summed E-state index contributed by atoms with van der Waals surface area (Å²) < 4.78 is 38.9. The molecule has 1 aliphatic carbocycles. The summed E-state index contributed by atoms with van der Waals surface area (Å²) >= 11 is 3.18. The van der Waals surface area contributed by atoms with Gasteiger partial charge in [-0.25, -0.2) is 0 Å². The second-order valence-electron chi connectivity index (χ2n) is 5.47. The van der Waals surface area contributed by atoms with Gasteiger partial charge in [-0.2, -0.15) is 13.2 Å². The van der Waals surface area contributed by atoms with Crippen LogP contribution in [0.4, 0.5) is 18.9 Å². The maximum absolute atomic E-state index is 12.8. The number of carbonyl (C=O) groups excluding carboxylic acids is 2. The summed E-state index contributed by atoms with van der Waals surface area (Å²) in [6.45, 7) is 3.16. The first kappa shape index (κ1) is 17.7. The summed E-state index contributed by atoms with van der Waals surface area (Å²) in [6, 6.07) is 2.47. The number of hydrogen-bond acceptors (Lipinski definition) is 3. The SMILES string of the molecule is CC1=C(C)C(=O)C(Nc2cc(C(F)(F)F)ccc2Br)CCC1=O. The maximum atomic E-state index is 12.8. The molecule has 1 aromatic rings.